The number of carbonyl (C=O) groups is 1. The van der Waals surface area contributed by atoms with Crippen molar-refractivity contribution >= 4 is 5.91 Å². The number of carbonyl (C=O) groups excluding carboxylic acids is 1. The maximum Gasteiger partial charge on any atom is 0.417 e. The van der Waals surface area contributed by atoms with E-state index in [-0.39, 0.29) is 29.9 Å². The number of hydrogen-bond acceptors (Lipinski definition) is 3. The molecule has 146 valence electrons. The van der Waals surface area contributed by atoms with Gasteiger partial charge in [0.15, 0.2) is 5.60 Å². The lowest BCUT2D eigenvalue weighted by atomic mass is 9.62. The molecule has 25 heavy (non-hydrogen) atoms. The first-order chi connectivity index (χ1) is 11.4. The Morgan fingerprint density at radius 1 is 1.32 bits per heavy atom. The fraction of sp³-hybridized carbons (Fsp3) is 0.944. The zero-order valence-corrected chi connectivity index (χ0v) is 15.2. The van der Waals surface area contributed by atoms with Crippen molar-refractivity contribution in [2.24, 2.45) is 23.2 Å². The molecule has 6 atom stereocenters. The molecule has 3 N–H and O–H groups in total. The van der Waals surface area contributed by atoms with E-state index in [1.807, 2.05) is 6.92 Å². The Kier molecular flexibility index (Phi) is 5.79. The monoisotopic (exact) mass is 365 g/mol. The molecule has 0 bridgehead atoms. The minimum Gasteiger partial charge on any atom is -0.393 e. The van der Waals surface area contributed by atoms with E-state index in [1.165, 1.54) is 0 Å². The molecule has 2 saturated carbocycles. The first-order valence-electron chi connectivity index (χ1n) is 9.12. The van der Waals surface area contributed by atoms with E-state index in [4.69, 9.17) is 0 Å². The van der Waals surface area contributed by atoms with E-state index in [1.54, 1.807) is 0 Å². The molecule has 2 rings (SSSR count). The van der Waals surface area contributed by atoms with Gasteiger partial charge in [-0.15, -0.1) is 0 Å². The molecule has 2 fully saturated rings. The maximum atomic E-state index is 12.7. The number of amides is 1. The quantitative estimate of drug-likeness (QED) is 0.701. The molecular formula is C18H30F3NO3. The summed E-state index contributed by atoms with van der Waals surface area (Å²) in [5.74, 6) is -0.0797. The van der Waals surface area contributed by atoms with Crippen LogP contribution in [-0.2, 0) is 4.79 Å². The molecule has 0 unspecified atom stereocenters. The van der Waals surface area contributed by atoms with Crippen molar-refractivity contribution in [3.05, 3.63) is 0 Å². The third-order valence-electron chi connectivity index (χ3n) is 6.59. The third kappa shape index (κ3) is 4.13. The van der Waals surface area contributed by atoms with E-state index < -0.39 is 24.1 Å². The number of rotatable bonds is 5. The van der Waals surface area contributed by atoms with E-state index in [2.05, 4.69) is 12.2 Å². The van der Waals surface area contributed by atoms with Gasteiger partial charge in [-0.25, -0.2) is 0 Å². The highest BCUT2D eigenvalue weighted by Gasteiger charge is 2.53. The molecular weight excluding hydrogens is 335 g/mol. The summed E-state index contributed by atoms with van der Waals surface area (Å²) in [6, 6.07) is 0. The largest absolute Gasteiger partial charge is 0.417 e. The SMILES string of the molecule is C[C@H](CNC(=O)C[C@](C)(O)C(F)(F)F)[C@H]1CC[C@H]2[C@@H](O)CCC[C@]12C. The summed E-state index contributed by atoms with van der Waals surface area (Å²) >= 11 is 0. The number of aliphatic hydroxyl groups excluding tert-OH is 1. The summed E-state index contributed by atoms with van der Waals surface area (Å²) < 4.78 is 38.0. The van der Waals surface area contributed by atoms with E-state index in [0.29, 0.717) is 12.8 Å². The van der Waals surface area contributed by atoms with Crippen molar-refractivity contribution in [3.8, 4) is 0 Å². The molecule has 0 aromatic heterocycles. The number of halogens is 3. The van der Waals surface area contributed by atoms with Crippen LogP contribution >= 0.6 is 0 Å². The van der Waals surface area contributed by atoms with Gasteiger partial charge in [-0.3, -0.25) is 4.79 Å². The number of nitrogens with one attached hydrogen (secondary N) is 1. The Hall–Kier alpha value is -0.820. The van der Waals surface area contributed by atoms with Crippen LogP contribution in [0.2, 0.25) is 0 Å². The standard InChI is InChI=1S/C18H30F3NO3/c1-11(10-22-15(24)9-17(3,25)18(19,20)21)12-6-7-13-14(23)5-4-8-16(12,13)2/h11-14,23,25H,4-10H2,1-3H3,(H,22,24)/t11-,12-,13+,14+,16-,17+/m1/s1. The molecule has 1 amide bonds. The van der Waals surface area contributed by atoms with Gasteiger partial charge in [0.25, 0.3) is 0 Å². The Morgan fingerprint density at radius 3 is 2.56 bits per heavy atom. The molecule has 0 aliphatic heterocycles. The Balaban J connectivity index is 1.90. The second-order valence-electron chi connectivity index (χ2n) is 8.49. The summed E-state index contributed by atoms with van der Waals surface area (Å²) in [4.78, 5) is 11.8. The number of alkyl halides is 3. The van der Waals surface area contributed by atoms with Crippen molar-refractivity contribution in [2.45, 2.75) is 77.2 Å². The summed E-state index contributed by atoms with van der Waals surface area (Å²) in [6.45, 7) is 5.10. The van der Waals surface area contributed by atoms with Crippen LogP contribution in [0.4, 0.5) is 13.2 Å². The molecule has 2 aliphatic carbocycles. The normalized spacial score (nSPS) is 36.4. The van der Waals surface area contributed by atoms with E-state index >= 15 is 0 Å². The topological polar surface area (TPSA) is 69.6 Å². The third-order valence-corrected chi connectivity index (χ3v) is 6.59. The lowest BCUT2D eigenvalue weighted by molar-refractivity contribution is -0.253. The zero-order valence-electron chi connectivity index (χ0n) is 15.2. The van der Waals surface area contributed by atoms with Gasteiger partial charge in [-0.2, -0.15) is 13.2 Å². The van der Waals surface area contributed by atoms with Crippen LogP contribution in [0.1, 0.15) is 59.3 Å². The Bertz CT molecular complexity index is 494. The van der Waals surface area contributed by atoms with Crippen molar-refractivity contribution < 1.29 is 28.2 Å². The fourth-order valence-electron chi connectivity index (χ4n) is 5.02. The summed E-state index contributed by atoms with van der Waals surface area (Å²) in [6.07, 6.45) is -1.30. The highest BCUT2D eigenvalue weighted by Crippen LogP contribution is 2.57. The van der Waals surface area contributed by atoms with Gasteiger partial charge in [-0.05, 0) is 55.8 Å². The lowest BCUT2D eigenvalue weighted by Crippen LogP contribution is -2.47. The number of aliphatic hydroxyl groups is 2. The number of hydrogen-bond donors (Lipinski definition) is 3. The van der Waals surface area contributed by atoms with Gasteiger partial charge in [0, 0.05) is 6.54 Å². The Morgan fingerprint density at radius 2 is 1.96 bits per heavy atom. The fourth-order valence-corrected chi connectivity index (χ4v) is 5.02. The summed E-state index contributed by atoms with van der Waals surface area (Å²) in [5.41, 5.74) is -2.99. The van der Waals surface area contributed by atoms with E-state index in [9.17, 15) is 28.2 Å². The second-order valence-corrected chi connectivity index (χ2v) is 8.49. The van der Waals surface area contributed by atoms with Gasteiger partial charge in [0.1, 0.15) is 0 Å². The van der Waals surface area contributed by atoms with Gasteiger partial charge in [0.05, 0.1) is 12.5 Å². The van der Waals surface area contributed by atoms with Crippen molar-refractivity contribution in [2.75, 3.05) is 6.54 Å². The number of fused-ring (bicyclic) bond motifs is 1. The summed E-state index contributed by atoms with van der Waals surface area (Å²) in [7, 11) is 0. The molecule has 4 nitrogen and oxygen atoms in total. The average molecular weight is 365 g/mol. The minimum absolute atomic E-state index is 0.0271. The molecule has 2 aliphatic rings. The molecule has 0 radical (unpaired) electrons. The maximum absolute atomic E-state index is 12.7. The van der Waals surface area contributed by atoms with Gasteiger partial charge in [0.2, 0.25) is 5.91 Å². The Labute approximate surface area is 147 Å². The van der Waals surface area contributed by atoms with Crippen molar-refractivity contribution in [1.29, 1.82) is 0 Å². The van der Waals surface area contributed by atoms with Crippen molar-refractivity contribution in [1.82, 2.24) is 5.32 Å². The first-order valence-corrected chi connectivity index (χ1v) is 9.12. The average Bonchev–Trinajstić information content (AvgIpc) is 2.81. The first kappa shape index (κ1) is 20.5. The smallest absolute Gasteiger partial charge is 0.393 e. The van der Waals surface area contributed by atoms with Crippen LogP contribution in [0.5, 0.6) is 0 Å². The van der Waals surface area contributed by atoms with Crippen molar-refractivity contribution in [3.63, 3.8) is 0 Å². The lowest BCUT2D eigenvalue weighted by Gasteiger charge is -2.45. The predicted octanol–water partition coefficient (Wildman–Crippen LogP) is 3.02. The second kappa shape index (κ2) is 7.06. The van der Waals surface area contributed by atoms with Crippen LogP contribution in [-0.4, -0.2) is 40.5 Å². The van der Waals surface area contributed by atoms with Crippen LogP contribution in [0.15, 0.2) is 0 Å². The molecule has 7 heteroatoms. The molecule has 0 spiro atoms. The van der Waals surface area contributed by atoms with E-state index in [0.717, 1.165) is 32.1 Å². The molecule has 0 aromatic rings. The minimum atomic E-state index is -4.83. The van der Waals surface area contributed by atoms with Gasteiger partial charge >= 0.3 is 6.18 Å². The van der Waals surface area contributed by atoms with Gasteiger partial charge in [-0.1, -0.05) is 20.3 Å². The van der Waals surface area contributed by atoms with Crippen LogP contribution in [0, 0.1) is 23.2 Å². The summed E-state index contributed by atoms with van der Waals surface area (Å²) in [5, 5.41) is 22.2. The highest BCUT2D eigenvalue weighted by atomic mass is 19.4. The molecule has 0 heterocycles. The van der Waals surface area contributed by atoms with Crippen LogP contribution < -0.4 is 5.32 Å². The van der Waals surface area contributed by atoms with Crippen LogP contribution in [0.25, 0.3) is 0 Å². The highest BCUT2D eigenvalue weighted by molar-refractivity contribution is 5.77. The van der Waals surface area contributed by atoms with Gasteiger partial charge < -0.3 is 15.5 Å². The molecule has 0 aromatic carbocycles. The predicted molar refractivity (Wildman–Crippen MR) is 87.6 cm³/mol. The molecule has 0 saturated heterocycles. The zero-order chi connectivity index (χ0) is 19.0. The van der Waals surface area contributed by atoms with Crippen LogP contribution in [0.3, 0.4) is 0 Å².